The molecule has 1 rings (SSSR count). The molecule has 0 bridgehead atoms. The Morgan fingerprint density at radius 2 is 2.00 bits per heavy atom. The second-order valence-electron chi connectivity index (χ2n) is 1.00. The second-order valence-corrected chi connectivity index (χ2v) is 2.15. The molecule has 1 atom stereocenters. The molecule has 0 saturated carbocycles. The lowest BCUT2D eigenvalue weighted by molar-refractivity contribution is -0.371. The van der Waals surface area contributed by atoms with Crippen molar-refractivity contribution >= 4 is 11.8 Å². The second kappa shape index (κ2) is 2.66. The maximum Gasteiger partial charge on any atom is 0.154 e. The third-order valence-corrected chi connectivity index (χ3v) is 1.37. The minimum atomic E-state index is 0. The van der Waals surface area contributed by atoms with Crippen LogP contribution in [0.3, 0.4) is 0 Å². The zero-order chi connectivity index (χ0) is 3.70. The largest absolute Gasteiger partial charge is 1.00 e. The molecule has 1 nitrogen and oxygen atoms in total. The van der Waals surface area contributed by atoms with E-state index in [1.807, 2.05) is 0 Å². The first-order valence-electron chi connectivity index (χ1n) is 1.55. The first-order valence-corrected chi connectivity index (χ1v) is 2.49. The quantitative estimate of drug-likeness (QED) is 0.405. The minimum Gasteiger partial charge on any atom is -1.00 e. The summed E-state index contributed by atoms with van der Waals surface area (Å²) >= 11 is 1.77. The molecule has 1 aliphatic rings. The molecular formula is C3H6BrNS. The maximum absolute atomic E-state index is 3.72. The van der Waals surface area contributed by atoms with Crippen LogP contribution in [-0.4, -0.2) is 5.37 Å². The van der Waals surface area contributed by atoms with Crippen molar-refractivity contribution in [1.82, 2.24) is 0 Å². The van der Waals surface area contributed by atoms with E-state index in [0.717, 1.165) is 0 Å². The summed E-state index contributed by atoms with van der Waals surface area (Å²) in [5.41, 5.74) is 3.72. The summed E-state index contributed by atoms with van der Waals surface area (Å²) in [6.45, 7) is 0. The fraction of sp³-hybridized carbons (Fsp3) is 0.333. The van der Waals surface area contributed by atoms with E-state index in [2.05, 4.69) is 17.2 Å². The zero-order valence-corrected chi connectivity index (χ0v) is 5.63. The van der Waals surface area contributed by atoms with Gasteiger partial charge in [-0.05, 0) is 11.5 Å². The molecule has 1 aliphatic heterocycles. The van der Waals surface area contributed by atoms with E-state index in [1.165, 1.54) is 0 Å². The molecule has 0 aromatic carbocycles. The average molecular weight is 168 g/mol. The molecule has 1 heterocycles. The van der Waals surface area contributed by atoms with E-state index in [0.29, 0.717) is 5.37 Å². The minimum absolute atomic E-state index is 0. The van der Waals surface area contributed by atoms with Crippen LogP contribution < -0.4 is 22.7 Å². The number of hydrogen-bond acceptors (Lipinski definition) is 1. The van der Waals surface area contributed by atoms with Gasteiger partial charge in [0.2, 0.25) is 0 Å². The molecule has 0 spiro atoms. The van der Waals surface area contributed by atoms with Crippen molar-refractivity contribution in [2.75, 3.05) is 0 Å². The van der Waals surface area contributed by atoms with Crippen molar-refractivity contribution in [2.45, 2.75) is 5.37 Å². The first-order chi connectivity index (χ1) is 2.39. The van der Waals surface area contributed by atoms with Gasteiger partial charge in [-0.15, -0.1) is 0 Å². The topological polar surface area (TPSA) is 27.6 Å². The van der Waals surface area contributed by atoms with E-state index in [4.69, 9.17) is 0 Å². The van der Waals surface area contributed by atoms with Crippen LogP contribution >= 0.6 is 11.8 Å². The number of halogens is 1. The molecule has 36 valence electrons. The van der Waals surface area contributed by atoms with Crippen LogP contribution in [0.15, 0.2) is 11.5 Å². The van der Waals surface area contributed by atoms with Crippen molar-refractivity contribution in [1.29, 1.82) is 0 Å². The van der Waals surface area contributed by atoms with E-state index in [-0.39, 0.29) is 17.0 Å². The molecule has 0 amide bonds. The molecule has 0 radical (unpaired) electrons. The highest BCUT2D eigenvalue weighted by Gasteiger charge is 2.04. The highest BCUT2D eigenvalue weighted by Crippen LogP contribution is 2.16. The molecule has 0 aromatic heterocycles. The van der Waals surface area contributed by atoms with Crippen LogP contribution in [0.5, 0.6) is 0 Å². The lowest BCUT2D eigenvalue weighted by Crippen LogP contribution is -3.00. The normalized spacial score (nSPS) is 27.8. The van der Waals surface area contributed by atoms with Crippen LogP contribution in [0, 0.1) is 0 Å². The number of quaternary nitrogens is 1. The van der Waals surface area contributed by atoms with E-state index >= 15 is 0 Å². The highest BCUT2D eigenvalue weighted by atomic mass is 79.9. The summed E-state index contributed by atoms with van der Waals surface area (Å²) in [7, 11) is 0. The van der Waals surface area contributed by atoms with Gasteiger partial charge in [-0.1, -0.05) is 11.8 Å². The van der Waals surface area contributed by atoms with E-state index in [9.17, 15) is 0 Å². The van der Waals surface area contributed by atoms with Crippen molar-refractivity contribution in [3.05, 3.63) is 11.5 Å². The van der Waals surface area contributed by atoms with Crippen LogP contribution in [0.1, 0.15) is 0 Å². The lowest BCUT2D eigenvalue weighted by Gasteiger charge is -2.03. The Kier molecular flexibility index (Phi) is 2.90. The van der Waals surface area contributed by atoms with Crippen molar-refractivity contribution in [3.8, 4) is 0 Å². The van der Waals surface area contributed by atoms with Crippen molar-refractivity contribution in [3.63, 3.8) is 0 Å². The van der Waals surface area contributed by atoms with Crippen molar-refractivity contribution in [2.24, 2.45) is 0 Å². The van der Waals surface area contributed by atoms with Gasteiger partial charge in [0.15, 0.2) is 5.37 Å². The standard InChI is InChI=1S/C3H5NS.BrH/c4-3-1-2-5-3;/h1-3H,4H2;1H. The number of rotatable bonds is 0. The van der Waals surface area contributed by atoms with Crippen LogP contribution in [0.2, 0.25) is 0 Å². The molecular weight excluding hydrogens is 162 g/mol. The summed E-state index contributed by atoms with van der Waals surface area (Å²) < 4.78 is 0. The molecule has 3 heteroatoms. The predicted molar refractivity (Wildman–Crippen MR) is 23.4 cm³/mol. The molecule has 3 N–H and O–H groups in total. The van der Waals surface area contributed by atoms with Crippen LogP contribution in [0.4, 0.5) is 0 Å². The van der Waals surface area contributed by atoms with Crippen LogP contribution in [0.25, 0.3) is 0 Å². The number of thioether (sulfide) groups is 1. The Bertz CT molecular complexity index is 63.8. The van der Waals surface area contributed by atoms with Gasteiger partial charge >= 0.3 is 0 Å². The van der Waals surface area contributed by atoms with Gasteiger partial charge in [-0.2, -0.15) is 0 Å². The third kappa shape index (κ3) is 1.32. The smallest absolute Gasteiger partial charge is 0.154 e. The zero-order valence-electron chi connectivity index (χ0n) is 3.23. The van der Waals surface area contributed by atoms with E-state index in [1.54, 1.807) is 11.8 Å². The Hall–Kier alpha value is 0.530. The SMILES string of the molecule is [Br-].[NH3+]C1C=CS1. The summed E-state index contributed by atoms with van der Waals surface area (Å²) in [4.78, 5) is 0. The molecule has 6 heavy (non-hydrogen) atoms. The van der Waals surface area contributed by atoms with Gasteiger partial charge in [0.1, 0.15) is 0 Å². The number of hydrogen-bond donors (Lipinski definition) is 1. The summed E-state index contributed by atoms with van der Waals surface area (Å²) in [6.07, 6.45) is 2.07. The Morgan fingerprint density at radius 1 is 1.67 bits per heavy atom. The molecule has 1 unspecified atom stereocenters. The van der Waals surface area contributed by atoms with E-state index < -0.39 is 0 Å². The Labute approximate surface area is 51.7 Å². The van der Waals surface area contributed by atoms with Crippen LogP contribution in [-0.2, 0) is 0 Å². The average Bonchev–Trinajstić information content (AvgIpc) is 1.30. The van der Waals surface area contributed by atoms with Gasteiger partial charge in [-0.3, -0.25) is 0 Å². The summed E-state index contributed by atoms with van der Waals surface area (Å²) in [6, 6.07) is 0. The molecule has 0 aliphatic carbocycles. The fourth-order valence-corrected chi connectivity index (χ4v) is 0.569. The Morgan fingerprint density at radius 3 is 2.00 bits per heavy atom. The monoisotopic (exact) mass is 167 g/mol. The van der Waals surface area contributed by atoms with Gasteiger partial charge < -0.3 is 22.7 Å². The Balaban J connectivity index is 0.000000250. The maximum atomic E-state index is 3.72. The summed E-state index contributed by atoms with van der Waals surface area (Å²) in [5.74, 6) is 0. The van der Waals surface area contributed by atoms with Gasteiger partial charge in [0.05, 0.1) is 0 Å². The third-order valence-electron chi connectivity index (χ3n) is 0.547. The van der Waals surface area contributed by atoms with Gasteiger partial charge in [0.25, 0.3) is 0 Å². The molecule has 0 saturated heterocycles. The molecule has 0 aromatic rings. The summed E-state index contributed by atoms with van der Waals surface area (Å²) in [5, 5.41) is 2.60. The highest BCUT2D eigenvalue weighted by molar-refractivity contribution is 8.03. The van der Waals surface area contributed by atoms with Crippen molar-refractivity contribution < 1.29 is 22.7 Å². The fourth-order valence-electron chi connectivity index (χ4n) is 0.190. The predicted octanol–water partition coefficient (Wildman–Crippen LogP) is -3.18. The van der Waals surface area contributed by atoms with Gasteiger partial charge in [0, 0.05) is 0 Å². The van der Waals surface area contributed by atoms with Gasteiger partial charge in [-0.25, -0.2) is 0 Å². The lowest BCUT2D eigenvalue weighted by atomic mass is 10.6. The first kappa shape index (κ1) is 6.53. The molecule has 0 fully saturated rings.